The van der Waals surface area contributed by atoms with Crippen LogP contribution in [0.5, 0.6) is 0 Å². The number of nitrogens with zero attached hydrogens (tertiary/aromatic N) is 4. The van der Waals surface area contributed by atoms with Gasteiger partial charge in [0.25, 0.3) is 0 Å². The van der Waals surface area contributed by atoms with Crippen LogP contribution in [-0.2, 0) is 16.6 Å². The van der Waals surface area contributed by atoms with E-state index in [9.17, 15) is 8.42 Å². The van der Waals surface area contributed by atoms with E-state index in [0.717, 1.165) is 42.8 Å². The van der Waals surface area contributed by atoms with Gasteiger partial charge in [0.15, 0.2) is 0 Å². The number of hydrogen-bond acceptors (Lipinski definition) is 4. The van der Waals surface area contributed by atoms with Crippen molar-refractivity contribution in [3.05, 3.63) is 36.2 Å². The van der Waals surface area contributed by atoms with Gasteiger partial charge in [-0.3, -0.25) is 9.67 Å². The summed E-state index contributed by atoms with van der Waals surface area (Å²) < 4.78 is 27.2. The van der Waals surface area contributed by atoms with E-state index >= 15 is 0 Å². The van der Waals surface area contributed by atoms with Gasteiger partial charge in [0.2, 0.25) is 10.0 Å². The molecule has 0 radical (unpaired) electrons. The predicted molar refractivity (Wildman–Crippen MR) is 94.1 cm³/mol. The third-order valence-electron chi connectivity index (χ3n) is 4.52. The smallest absolute Gasteiger partial charge is 0.211 e. The zero-order chi connectivity index (χ0) is 17.2. The van der Waals surface area contributed by atoms with Gasteiger partial charge in [0.05, 0.1) is 17.6 Å². The van der Waals surface area contributed by atoms with Crippen molar-refractivity contribution < 1.29 is 8.42 Å². The number of aromatic nitrogens is 3. The topological polar surface area (TPSA) is 68.1 Å². The highest BCUT2D eigenvalue weighted by Gasteiger charge is 2.27. The molecule has 130 valence electrons. The molecule has 7 heteroatoms. The molecule has 1 saturated heterocycles. The molecular weight excluding hydrogens is 324 g/mol. The maximum atomic E-state index is 11.8. The van der Waals surface area contributed by atoms with Crippen molar-refractivity contribution in [3.8, 4) is 11.4 Å². The highest BCUT2D eigenvalue weighted by molar-refractivity contribution is 7.88. The summed E-state index contributed by atoms with van der Waals surface area (Å²) >= 11 is 0. The van der Waals surface area contributed by atoms with Crippen LogP contribution in [0.1, 0.15) is 37.7 Å². The van der Waals surface area contributed by atoms with Crippen LogP contribution < -0.4 is 0 Å². The number of sulfonamides is 1. The van der Waals surface area contributed by atoms with Crippen LogP contribution in [-0.4, -0.2) is 46.8 Å². The molecule has 0 aliphatic carbocycles. The molecule has 1 fully saturated rings. The summed E-state index contributed by atoms with van der Waals surface area (Å²) in [6.45, 7) is 4.16. The van der Waals surface area contributed by atoms with Crippen molar-refractivity contribution in [1.82, 2.24) is 19.1 Å². The average Bonchev–Trinajstić information content (AvgIpc) is 3.03. The minimum atomic E-state index is -3.13. The number of pyridine rings is 1. The molecule has 3 heterocycles. The Bertz CT molecular complexity index is 800. The summed E-state index contributed by atoms with van der Waals surface area (Å²) in [5.74, 6) is 0.220. The minimum Gasteiger partial charge on any atom is -0.263 e. The summed E-state index contributed by atoms with van der Waals surface area (Å²) in [6.07, 6.45) is 7.81. The SMILES string of the molecule is CCCn1nccc1-c1cc([C@@H]2CCCN(S(C)(=O)=O)C2)ccn1. The Kier molecular flexibility index (Phi) is 5.01. The zero-order valence-electron chi connectivity index (χ0n) is 14.2. The number of aryl methyl sites for hydroxylation is 1. The fourth-order valence-electron chi connectivity index (χ4n) is 3.30. The normalized spacial score (nSPS) is 19.5. The van der Waals surface area contributed by atoms with E-state index < -0.39 is 10.0 Å². The van der Waals surface area contributed by atoms with Gasteiger partial charge in [-0.05, 0) is 48.9 Å². The first-order chi connectivity index (χ1) is 11.5. The Morgan fingerprint density at radius 2 is 2.12 bits per heavy atom. The van der Waals surface area contributed by atoms with Gasteiger partial charge in [-0.2, -0.15) is 5.10 Å². The monoisotopic (exact) mass is 348 g/mol. The van der Waals surface area contributed by atoms with E-state index in [2.05, 4.69) is 23.1 Å². The standard InChI is InChI=1S/C17H24N4O2S/c1-3-10-21-17(7-9-19-21)16-12-14(6-8-18-16)15-5-4-11-20(13-15)24(2,22)23/h6-9,12,15H,3-5,10-11,13H2,1-2H3/t15-/m1/s1. The minimum absolute atomic E-state index is 0.220. The van der Waals surface area contributed by atoms with Crippen LogP contribution >= 0.6 is 0 Å². The molecule has 2 aromatic rings. The second-order valence-electron chi connectivity index (χ2n) is 6.37. The largest absolute Gasteiger partial charge is 0.263 e. The van der Waals surface area contributed by atoms with Crippen molar-refractivity contribution >= 4 is 10.0 Å². The first kappa shape index (κ1) is 17.1. The summed E-state index contributed by atoms with van der Waals surface area (Å²) in [5.41, 5.74) is 3.06. The van der Waals surface area contributed by atoms with Gasteiger partial charge < -0.3 is 0 Å². The van der Waals surface area contributed by atoms with Gasteiger partial charge >= 0.3 is 0 Å². The van der Waals surface area contributed by atoms with Crippen molar-refractivity contribution in [2.45, 2.75) is 38.6 Å². The van der Waals surface area contributed by atoms with Crippen LogP contribution in [0, 0.1) is 0 Å². The summed E-state index contributed by atoms with van der Waals surface area (Å²) in [6, 6.07) is 6.06. The molecule has 0 bridgehead atoms. The Morgan fingerprint density at radius 3 is 2.88 bits per heavy atom. The Hall–Kier alpha value is -1.73. The van der Waals surface area contributed by atoms with E-state index in [4.69, 9.17) is 0 Å². The van der Waals surface area contributed by atoms with Crippen molar-refractivity contribution in [3.63, 3.8) is 0 Å². The van der Waals surface area contributed by atoms with Crippen LogP contribution in [0.4, 0.5) is 0 Å². The quantitative estimate of drug-likeness (QED) is 0.832. The van der Waals surface area contributed by atoms with Crippen molar-refractivity contribution in [2.75, 3.05) is 19.3 Å². The van der Waals surface area contributed by atoms with Gasteiger partial charge in [-0.15, -0.1) is 0 Å². The second kappa shape index (κ2) is 7.03. The van der Waals surface area contributed by atoms with Crippen LogP contribution in [0.25, 0.3) is 11.4 Å². The lowest BCUT2D eigenvalue weighted by atomic mass is 9.91. The van der Waals surface area contributed by atoms with Crippen molar-refractivity contribution in [2.24, 2.45) is 0 Å². The molecule has 1 aliphatic heterocycles. The first-order valence-corrected chi connectivity index (χ1v) is 10.3. The summed E-state index contributed by atoms with van der Waals surface area (Å²) in [5, 5.41) is 4.36. The van der Waals surface area contributed by atoms with E-state index in [1.54, 1.807) is 10.5 Å². The molecule has 24 heavy (non-hydrogen) atoms. The van der Waals surface area contributed by atoms with E-state index in [-0.39, 0.29) is 5.92 Å². The Morgan fingerprint density at radius 1 is 1.29 bits per heavy atom. The Labute approximate surface area is 143 Å². The maximum absolute atomic E-state index is 11.8. The van der Waals surface area contributed by atoms with Gasteiger partial charge in [0, 0.05) is 32.0 Å². The number of piperidine rings is 1. The second-order valence-corrected chi connectivity index (χ2v) is 8.36. The molecular formula is C17H24N4O2S. The van der Waals surface area contributed by atoms with E-state index in [1.807, 2.05) is 23.0 Å². The lowest BCUT2D eigenvalue weighted by Gasteiger charge is -2.31. The van der Waals surface area contributed by atoms with Gasteiger partial charge in [-0.1, -0.05) is 6.92 Å². The van der Waals surface area contributed by atoms with Crippen LogP contribution in [0.3, 0.4) is 0 Å². The lowest BCUT2D eigenvalue weighted by molar-refractivity contribution is 0.317. The van der Waals surface area contributed by atoms with Crippen LogP contribution in [0.15, 0.2) is 30.6 Å². The lowest BCUT2D eigenvalue weighted by Crippen LogP contribution is -2.38. The van der Waals surface area contributed by atoms with E-state index in [0.29, 0.717) is 13.1 Å². The molecule has 1 atom stereocenters. The molecule has 0 aromatic carbocycles. The first-order valence-electron chi connectivity index (χ1n) is 8.42. The molecule has 0 N–H and O–H groups in total. The Balaban J connectivity index is 1.86. The van der Waals surface area contributed by atoms with E-state index in [1.165, 1.54) is 6.26 Å². The maximum Gasteiger partial charge on any atom is 0.211 e. The molecule has 3 rings (SSSR count). The molecule has 0 amide bonds. The highest BCUT2D eigenvalue weighted by atomic mass is 32.2. The predicted octanol–water partition coefficient (Wildman–Crippen LogP) is 2.49. The highest BCUT2D eigenvalue weighted by Crippen LogP contribution is 2.30. The third-order valence-corrected chi connectivity index (χ3v) is 5.79. The van der Waals surface area contributed by atoms with Gasteiger partial charge in [0.1, 0.15) is 0 Å². The number of rotatable bonds is 5. The number of hydrogen-bond donors (Lipinski definition) is 0. The summed E-state index contributed by atoms with van der Waals surface area (Å²) in [4.78, 5) is 4.49. The van der Waals surface area contributed by atoms with Crippen LogP contribution in [0.2, 0.25) is 0 Å². The summed E-state index contributed by atoms with van der Waals surface area (Å²) in [7, 11) is -3.13. The average molecular weight is 348 g/mol. The van der Waals surface area contributed by atoms with Gasteiger partial charge in [-0.25, -0.2) is 12.7 Å². The third kappa shape index (κ3) is 3.67. The molecule has 0 spiro atoms. The molecule has 1 aliphatic rings. The molecule has 0 unspecified atom stereocenters. The van der Waals surface area contributed by atoms with Crippen molar-refractivity contribution in [1.29, 1.82) is 0 Å². The zero-order valence-corrected chi connectivity index (χ0v) is 15.0. The fourth-order valence-corrected chi connectivity index (χ4v) is 4.21. The molecule has 6 nitrogen and oxygen atoms in total. The fraction of sp³-hybridized carbons (Fsp3) is 0.529. The molecule has 2 aromatic heterocycles. The molecule has 0 saturated carbocycles.